The van der Waals surface area contributed by atoms with Gasteiger partial charge < -0.3 is 10.1 Å². The predicted octanol–water partition coefficient (Wildman–Crippen LogP) is 3.17. The van der Waals surface area contributed by atoms with Gasteiger partial charge in [0.15, 0.2) is 0 Å². The summed E-state index contributed by atoms with van der Waals surface area (Å²) >= 11 is 0. The first-order chi connectivity index (χ1) is 10.3. The average molecular weight is 286 g/mol. The second-order valence-electron chi connectivity index (χ2n) is 4.98. The van der Waals surface area contributed by atoms with E-state index in [2.05, 4.69) is 10.3 Å². The number of pyridine rings is 1. The zero-order valence-electron chi connectivity index (χ0n) is 12.6. The van der Waals surface area contributed by atoms with Crippen LogP contribution >= 0.6 is 0 Å². The van der Waals surface area contributed by atoms with E-state index in [0.29, 0.717) is 13.2 Å². The monoisotopic (exact) mass is 286 g/mol. The van der Waals surface area contributed by atoms with Crippen LogP contribution < -0.4 is 10.1 Å². The molecule has 1 amide bonds. The van der Waals surface area contributed by atoms with E-state index in [-0.39, 0.29) is 11.8 Å². The number of nitrogens with one attached hydrogen (secondary N) is 1. The molecule has 0 aliphatic rings. The average Bonchev–Trinajstić information content (AvgIpc) is 2.53. The third-order valence-corrected chi connectivity index (χ3v) is 3.61. The maximum atomic E-state index is 11.9. The Bertz CT molecular complexity index is 589. The Morgan fingerprint density at radius 1 is 1.24 bits per heavy atom. The molecule has 0 saturated carbocycles. The van der Waals surface area contributed by atoms with Gasteiger partial charge in [-0.1, -0.05) is 32.0 Å². The molecule has 0 aliphatic carbocycles. The van der Waals surface area contributed by atoms with Crippen LogP contribution in [0.2, 0.25) is 0 Å². The van der Waals surface area contributed by atoms with E-state index in [1.54, 1.807) is 6.20 Å². The molecule has 112 valence electrons. The Balaban J connectivity index is 1.87. The number of amides is 1. The van der Waals surface area contributed by atoms with Gasteiger partial charge in [-0.15, -0.1) is 0 Å². The lowest BCUT2D eigenvalue weighted by Crippen LogP contribution is -2.33. The van der Waals surface area contributed by atoms with Crippen molar-refractivity contribution in [1.29, 1.82) is 0 Å². The number of ether oxygens (including phenoxy) is 1. The van der Waals surface area contributed by atoms with Gasteiger partial charge >= 0.3 is 0 Å². The first-order valence-electron chi connectivity index (χ1n) is 7.50. The van der Waals surface area contributed by atoms with Gasteiger partial charge in [-0.05, 0) is 25.0 Å². The predicted molar refractivity (Wildman–Crippen MR) is 84.3 cm³/mol. The van der Waals surface area contributed by atoms with Gasteiger partial charge in [0.2, 0.25) is 5.91 Å². The molecule has 0 saturated heterocycles. The van der Waals surface area contributed by atoms with E-state index < -0.39 is 0 Å². The van der Waals surface area contributed by atoms with Crippen LogP contribution in [0.15, 0.2) is 36.5 Å². The Morgan fingerprint density at radius 3 is 2.76 bits per heavy atom. The van der Waals surface area contributed by atoms with Gasteiger partial charge in [-0.25, -0.2) is 0 Å². The van der Waals surface area contributed by atoms with Gasteiger partial charge in [0.05, 0.1) is 6.54 Å². The minimum absolute atomic E-state index is 0.101. The Hall–Kier alpha value is -2.10. The van der Waals surface area contributed by atoms with E-state index in [4.69, 9.17) is 4.74 Å². The molecule has 1 N–H and O–H groups in total. The minimum atomic E-state index is 0.101. The number of carbonyl (C=O) groups is 1. The quantitative estimate of drug-likeness (QED) is 0.795. The molecule has 2 aromatic rings. The third kappa shape index (κ3) is 3.94. The summed E-state index contributed by atoms with van der Waals surface area (Å²) in [6.45, 7) is 5.03. The topological polar surface area (TPSA) is 51.2 Å². The van der Waals surface area contributed by atoms with Crippen LogP contribution in [0.25, 0.3) is 10.9 Å². The van der Waals surface area contributed by atoms with Crippen LogP contribution in [0.4, 0.5) is 0 Å². The van der Waals surface area contributed by atoms with Crippen LogP contribution in [0.3, 0.4) is 0 Å². The molecule has 0 fully saturated rings. The number of hydrogen-bond donors (Lipinski definition) is 1. The largest absolute Gasteiger partial charge is 0.489 e. The summed E-state index contributed by atoms with van der Waals surface area (Å²) in [5.41, 5.74) is 0.853. The molecule has 0 atom stereocenters. The van der Waals surface area contributed by atoms with Gasteiger partial charge in [0, 0.05) is 17.5 Å². The highest BCUT2D eigenvalue weighted by Gasteiger charge is 2.13. The van der Waals surface area contributed by atoms with Crippen LogP contribution in [-0.4, -0.2) is 24.0 Å². The lowest BCUT2D eigenvalue weighted by Gasteiger charge is -2.13. The smallest absolute Gasteiger partial charge is 0.223 e. The van der Waals surface area contributed by atoms with E-state index >= 15 is 0 Å². The first kappa shape index (κ1) is 15.3. The SMILES string of the molecule is CCC(CC)C(=O)NCCOc1cccc2cccnc12. The lowest BCUT2D eigenvalue weighted by molar-refractivity contribution is -0.125. The van der Waals surface area contributed by atoms with Crippen molar-refractivity contribution in [3.05, 3.63) is 36.5 Å². The molecule has 0 bridgehead atoms. The van der Waals surface area contributed by atoms with Gasteiger partial charge in [0.25, 0.3) is 0 Å². The zero-order chi connectivity index (χ0) is 15.1. The van der Waals surface area contributed by atoms with E-state index in [1.165, 1.54) is 0 Å². The maximum Gasteiger partial charge on any atom is 0.223 e. The summed E-state index contributed by atoms with van der Waals surface area (Å²) in [5.74, 6) is 0.966. The molecule has 1 aromatic heterocycles. The van der Waals surface area contributed by atoms with Crippen LogP contribution in [0.1, 0.15) is 26.7 Å². The van der Waals surface area contributed by atoms with Crippen LogP contribution in [0.5, 0.6) is 5.75 Å². The molecule has 2 rings (SSSR count). The lowest BCUT2D eigenvalue weighted by atomic mass is 10.0. The normalized spacial score (nSPS) is 10.8. The summed E-state index contributed by atoms with van der Waals surface area (Å²) in [5, 5.41) is 3.97. The number of nitrogens with zero attached hydrogens (tertiary/aromatic N) is 1. The molecule has 0 spiro atoms. The standard InChI is InChI=1S/C17H22N2O2/c1-3-13(4-2)17(20)19-11-12-21-15-9-5-7-14-8-6-10-18-16(14)15/h5-10,13H,3-4,11-12H2,1-2H3,(H,19,20). The number of aromatic nitrogens is 1. The number of hydrogen-bond acceptors (Lipinski definition) is 3. The summed E-state index contributed by atoms with van der Waals surface area (Å²) in [6.07, 6.45) is 3.50. The number of carbonyl (C=O) groups excluding carboxylic acids is 1. The van der Waals surface area contributed by atoms with Crippen molar-refractivity contribution in [3.8, 4) is 5.75 Å². The van der Waals surface area contributed by atoms with Gasteiger partial charge in [-0.3, -0.25) is 9.78 Å². The van der Waals surface area contributed by atoms with E-state index in [1.807, 2.05) is 44.2 Å². The molecule has 1 heterocycles. The second kappa shape index (κ2) is 7.62. The van der Waals surface area contributed by atoms with Crippen molar-refractivity contribution in [1.82, 2.24) is 10.3 Å². The van der Waals surface area contributed by atoms with Crippen LogP contribution in [0, 0.1) is 5.92 Å². The Morgan fingerprint density at radius 2 is 2.00 bits per heavy atom. The highest BCUT2D eigenvalue weighted by molar-refractivity contribution is 5.84. The van der Waals surface area contributed by atoms with E-state index in [0.717, 1.165) is 29.5 Å². The molecule has 4 nitrogen and oxygen atoms in total. The molecule has 0 radical (unpaired) electrons. The van der Waals surface area contributed by atoms with Crippen molar-refractivity contribution in [3.63, 3.8) is 0 Å². The molecule has 1 aromatic carbocycles. The first-order valence-corrected chi connectivity index (χ1v) is 7.50. The number of benzene rings is 1. The minimum Gasteiger partial charge on any atom is -0.489 e. The summed E-state index contributed by atoms with van der Waals surface area (Å²) in [4.78, 5) is 16.2. The van der Waals surface area contributed by atoms with Gasteiger partial charge in [0.1, 0.15) is 17.9 Å². The third-order valence-electron chi connectivity index (χ3n) is 3.61. The zero-order valence-corrected chi connectivity index (χ0v) is 12.6. The fourth-order valence-corrected chi connectivity index (χ4v) is 2.33. The number of rotatable bonds is 7. The number of fused-ring (bicyclic) bond motifs is 1. The van der Waals surface area contributed by atoms with Crippen LogP contribution in [-0.2, 0) is 4.79 Å². The fourth-order valence-electron chi connectivity index (χ4n) is 2.33. The molecular formula is C17H22N2O2. The fraction of sp³-hybridized carbons (Fsp3) is 0.412. The molecule has 0 unspecified atom stereocenters. The van der Waals surface area contributed by atoms with Crippen molar-refractivity contribution >= 4 is 16.8 Å². The van der Waals surface area contributed by atoms with Crippen molar-refractivity contribution in [2.45, 2.75) is 26.7 Å². The Labute approximate surface area is 125 Å². The molecule has 4 heteroatoms. The highest BCUT2D eigenvalue weighted by atomic mass is 16.5. The summed E-state index contributed by atoms with van der Waals surface area (Å²) < 4.78 is 5.74. The molecular weight excluding hydrogens is 264 g/mol. The second-order valence-corrected chi connectivity index (χ2v) is 4.98. The van der Waals surface area contributed by atoms with Gasteiger partial charge in [-0.2, -0.15) is 0 Å². The van der Waals surface area contributed by atoms with Crippen molar-refractivity contribution in [2.24, 2.45) is 5.92 Å². The maximum absolute atomic E-state index is 11.9. The van der Waals surface area contributed by atoms with Crippen molar-refractivity contribution < 1.29 is 9.53 Å². The number of para-hydroxylation sites is 1. The summed E-state index contributed by atoms with van der Waals surface area (Å²) in [7, 11) is 0. The van der Waals surface area contributed by atoms with E-state index in [9.17, 15) is 4.79 Å². The molecule has 21 heavy (non-hydrogen) atoms. The Kier molecular flexibility index (Phi) is 5.55. The van der Waals surface area contributed by atoms with Crippen molar-refractivity contribution in [2.75, 3.05) is 13.2 Å². The molecule has 0 aliphatic heterocycles. The highest BCUT2D eigenvalue weighted by Crippen LogP contribution is 2.22. The summed E-state index contributed by atoms with van der Waals surface area (Å²) in [6, 6.07) is 9.76.